The van der Waals surface area contributed by atoms with Gasteiger partial charge in [0.1, 0.15) is 12.3 Å². The zero-order valence-electron chi connectivity index (χ0n) is 14.9. The molecular weight excluding hydrogens is 364 g/mol. The Hall–Kier alpha value is -3.06. The van der Waals surface area contributed by atoms with Crippen LogP contribution in [0.25, 0.3) is 6.08 Å². The van der Waals surface area contributed by atoms with Crippen LogP contribution in [0.5, 0.6) is 5.75 Å². The topological polar surface area (TPSA) is 75.7 Å². The number of nitrogens with one attached hydrogen (secondary N) is 1. The van der Waals surface area contributed by atoms with Gasteiger partial charge in [0.15, 0.2) is 0 Å². The first-order chi connectivity index (χ1) is 13.0. The number of aryl methyl sites for hydroxylation is 1. The van der Waals surface area contributed by atoms with Crippen LogP contribution >= 0.6 is 11.8 Å². The number of hydrogen-bond donors (Lipinski definition) is 1. The van der Waals surface area contributed by atoms with Crippen LogP contribution in [0, 0.1) is 6.92 Å². The van der Waals surface area contributed by atoms with Crippen molar-refractivity contribution in [2.75, 3.05) is 19.0 Å². The summed E-state index contributed by atoms with van der Waals surface area (Å²) in [5, 5.41) is 2.24. The van der Waals surface area contributed by atoms with E-state index in [1.807, 2.05) is 25.1 Å². The normalized spacial score (nSPS) is 15.3. The number of amides is 3. The van der Waals surface area contributed by atoms with E-state index < -0.39 is 17.1 Å². The largest absolute Gasteiger partial charge is 0.497 e. The van der Waals surface area contributed by atoms with Gasteiger partial charge in [-0.05, 0) is 60.2 Å². The SMILES string of the molecule is COc1ccc(/C=C2\SC(=O)N(CC(=O)Nc3cccc(C)c3)C2=O)cc1. The molecule has 6 nitrogen and oxygen atoms in total. The highest BCUT2D eigenvalue weighted by Gasteiger charge is 2.36. The highest BCUT2D eigenvalue weighted by molar-refractivity contribution is 8.18. The van der Waals surface area contributed by atoms with Crippen molar-refractivity contribution in [3.8, 4) is 5.75 Å². The molecule has 0 aromatic heterocycles. The fourth-order valence-corrected chi connectivity index (χ4v) is 3.39. The molecule has 0 aliphatic carbocycles. The molecule has 1 aliphatic heterocycles. The van der Waals surface area contributed by atoms with Gasteiger partial charge in [0, 0.05) is 5.69 Å². The van der Waals surface area contributed by atoms with Gasteiger partial charge in [-0.1, -0.05) is 24.3 Å². The molecule has 27 heavy (non-hydrogen) atoms. The van der Waals surface area contributed by atoms with Gasteiger partial charge in [-0.25, -0.2) is 0 Å². The number of carbonyl (C=O) groups excluding carboxylic acids is 3. The van der Waals surface area contributed by atoms with Crippen molar-refractivity contribution in [3.63, 3.8) is 0 Å². The van der Waals surface area contributed by atoms with Crippen molar-refractivity contribution >= 4 is 40.6 Å². The fourth-order valence-electron chi connectivity index (χ4n) is 2.55. The third-order valence-corrected chi connectivity index (χ3v) is 4.80. The lowest BCUT2D eigenvalue weighted by Crippen LogP contribution is -2.36. The molecule has 0 saturated carbocycles. The van der Waals surface area contributed by atoms with Crippen LogP contribution in [0.3, 0.4) is 0 Å². The summed E-state index contributed by atoms with van der Waals surface area (Å²) in [6.07, 6.45) is 1.63. The van der Waals surface area contributed by atoms with E-state index in [9.17, 15) is 14.4 Å². The maximum Gasteiger partial charge on any atom is 0.294 e. The summed E-state index contributed by atoms with van der Waals surface area (Å²) in [6, 6.07) is 14.4. The molecule has 0 radical (unpaired) electrons. The Bertz CT molecular complexity index is 922. The van der Waals surface area contributed by atoms with Gasteiger partial charge < -0.3 is 10.1 Å². The number of nitrogens with zero attached hydrogens (tertiary/aromatic N) is 1. The van der Waals surface area contributed by atoms with Crippen molar-refractivity contribution in [2.24, 2.45) is 0 Å². The second kappa shape index (κ2) is 8.09. The number of carbonyl (C=O) groups is 3. The van der Waals surface area contributed by atoms with Gasteiger partial charge in [-0.3, -0.25) is 19.3 Å². The molecule has 0 atom stereocenters. The highest BCUT2D eigenvalue weighted by atomic mass is 32.2. The quantitative estimate of drug-likeness (QED) is 0.799. The first kappa shape index (κ1) is 18.7. The highest BCUT2D eigenvalue weighted by Crippen LogP contribution is 2.32. The molecule has 1 fully saturated rings. The molecule has 0 spiro atoms. The molecule has 3 amide bonds. The van der Waals surface area contributed by atoms with Gasteiger partial charge >= 0.3 is 0 Å². The Kier molecular flexibility index (Phi) is 5.61. The van der Waals surface area contributed by atoms with Gasteiger partial charge in [-0.2, -0.15) is 0 Å². The van der Waals surface area contributed by atoms with Crippen molar-refractivity contribution in [1.82, 2.24) is 4.90 Å². The minimum Gasteiger partial charge on any atom is -0.497 e. The molecule has 1 aliphatic rings. The molecule has 2 aromatic carbocycles. The number of thioether (sulfide) groups is 1. The van der Waals surface area contributed by atoms with E-state index in [1.54, 1.807) is 43.5 Å². The summed E-state index contributed by atoms with van der Waals surface area (Å²) < 4.78 is 5.09. The molecule has 0 bridgehead atoms. The van der Waals surface area contributed by atoms with E-state index >= 15 is 0 Å². The first-order valence-electron chi connectivity index (χ1n) is 8.22. The van der Waals surface area contributed by atoms with Crippen molar-refractivity contribution in [1.29, 1.82) is 0 Å². The first-order valence-corrected chi connectivity index (χ1v) is 9.04. The van der Waals surface area contributed by atoms with Crippen LogP contribution < -0.4 is 10.1 Å². The lowest BCUT2D eigenvalue weighted by molar-refractivity contribution is -0.127. The fraction of sp³-hybridized carbons (Fsp3) is 0.150. The van der Waals surface area contributed by atoms with E-state index in [0.29, 0.717) is 11.4 Å². The molecule has 0 unspecified atom stereocenters. The Balaban J connectivity index is 1.68. The zero-order valence-corrected chi connectivity index (χ0v) is 15.7. The van der Waals surface area contributed by atoms with Crippen LogP contribution in [0.1, 0.15) is 11.1 Å². The Labute approximate surface area is 161 Å². The molecule has 3 rings (SSSR count). The number of methoxy groups -OCH3 is 1. The summed E-state index contributed by atoms with van der Waals surface area (Å²) in [5.74, 6) is -0.193. The van der Waals surface area contributed by atoms with Crippen LogP contribution in [-0.4, -0.2) is 35.6 Å². The van der Waals surface area contributed by atoms with E-state index in [-0.39, 0.29) is 11.4 Å². The predicted octanol–water partition coefficient (Wildman–Crippen LogP) is 3.68. The van der Waals surface area contributed by atoms with Crippen LogP contribution in [-0.2, 0) is 9.59 Å². The number of rotatable bonds is 5. The van der Waals surface area contributed by atoms with Crippen molar-refractivity contribution in [2.45, 2.75) is 6.92 Å². The van der Waals surface area contributed by atoms with Crippen LogP contribution in [0.4, 0.5) is 10.5 Å². The number of imide groups is 1. The number of ether oxygens (including phenoxy) is 1. The smallest absolute Gasteiger partial charge is 0.294 e. The maximum atomic E-state index is 12.5. The Morgan fingerprint density at radius 2 is 1.93 bits per heavy atom. The third kappa shape index (κ3) is 4.57. The van der Waals surface area contributed by atoms with E-state index in [2.05, 4.69) is 5.32 Å². The Morgan fingerprint density at radius 3 is 2.59 bits per heavy atom. The standard InChI is InChI=1S/C20H18N2O4S/c1-13-4-3-5-15(10-13)21-18(23)12-22-19(24)17(27-20(22)25)11-14-6-8-16(26-2)9-7-14/h3-11H,12H2,1-2H3,(H,21,23)/b17-11-. The van der Waals surface area contributed by atoms with E-state index in [0.717, 1.165) is 27.8 Å². The van der Waals surface area contributed by atoms with E-state index in [4.69, 9.17) is 4.74 Å². The average molecular weight is 382 g/mol. The summed E-state index contributed by atoms with van der Waals surface area (Å²) >= 11 is 0.825. The molecule has 1 N–H and O–H groups in total. The second-order valence-corrected chi connectivity index (χ2v) is 6.95. The molecule has 7 heteroatoms. The van der Waals surface area contributed by atoms with Crippen molar-refractivity contribution in [3.05, 3.63) is 64.6 Å². The Morgan fingerprint density at radius 1 is 1.19 bits per heavy atom. The van der Waals surface area contributed by atoms with Crippen LogP contribution in [0.2, 0.25) is 0 Å². The number of hydrogen-bond acceptors (Lipinski definition) is 5. The van der Waals surface area contributed by atoms with Gasteiger partial charge in [0.2, 0.25) is 5.91 Å². The van der Waals surface area contributed by atoms with Gasteiger partial charge in [0.05, 0.1) is 12.0 Å². The van der Waals surface area contributed by atoms with Crippen molar-refractivity contribution < 1.29 is 19.1 Å². The lowest BCUT2D eigenvalue weighted by Gasteiger charge is -2.12. The number of benzene rings is 2. The molecule has 1 saturated heterocycles. The number of anilines is 1. The molecular formula is C20H18N2O4S. The summed E-state index contributed by atoms with van der Waals surface area (Å²) in [4.78, 5) is 38.1. The minimum absolute atomic E-state index is 0.286. The lowest BCUT2D eigenvalue weighted by atomic mass is 10.2. The average Bonchev–Trinajstić information content (AvgIpc) is 2.90. The van der Waals surface area contributed by atoms with Crippen LogP contribution in [0.15, 0.2) is 53.4 Å². The summed E-state index contributed by atoms with van der Waals surface area (Å²) in [5.41, 5.74) is 2.40. The second-order valence-electron chi connectivity index (χ2n) is 5.96. The predicted molar refractivity (Wildman–Crippen MR) is 105 cm³/mol. The van der Waals surface area contributed by atoms with Gasteiger partial charge in [-0.15, -0.1) is 0 Å². The summed E-state index contributed by atoms with van der Waals surface area (Å²) in [6.45, 7) is 1.59. The minimum atomic E-state index is -0.472. The molecule has 2 aromatic rings. The summed E-state index contributed by atoms with van der Waals surface area (Å²) in [7, 11) is 1.57. The zero-order chi connectivity index (χ0) is 19.4. The van der Waals surface area contributed by atoms with E-state index in [1.165, 1.54) is 0 Å². The maximum absolute atomic E-state index is 12.5. The molecule has 1 heterocycles. The monoisotopic (exact) mass is 382 g/mol. The van der Waals surface area contributed by atoms with Gasteiger partial charge in [0.25, 0.3) is 11.1 Å². The molecule has 138 valence electrons. The third-order valence-electron chi connectivity index (χ3n) is 3.89.